The van der Waals surface area contributed by atoms with Crippen molar-refractivity contribution in [3.05, 3.63) is 70.5 Å². The van der Waals surface area contributed by atoms with Crippen LogP contribution >= 0.6 is 11.6 Å². The molecule has 1 N–H and O–H groups in total. The van der Waals surface area contributed by atoms with Crippen molar-refractivity contribution in [1.29, 1.82) is 0 Å². The van der Waals surface area contributed by atoms with Crippen LogP contribution in [0.25, 0.3) is 5.69 Å². The highest BCUT2D eigenvalue weighted by molar-refractivity contribution is 6.30. The molecule has 0 radical (unpaired) electrons. The molecular weight excluding hydrogens is 368 g/mol. The molecule has 0 spiro atoms. The second kappa shape index (κ2) is 8.11. The SMILES string of the molecule is COCc1c(C(=O)Nc2ccc(C(C)=O)cc2)nnn1-c1ccc(Cl)cc1. The molecule has 138 valence electrons. The summed E-state index contributed by atoms with van der Waals surface area (Å²) >= 11 is 5.92. The minimum atomic E-state index is -0.419. The van der Waals surface area contributed by atoms with Crippen molar-refractivity contribution >= 4 is 29.0 Å². The summed E-state index contributed by atoms with van der Waals surface area (Å²) in [6.07, 6.45) is 0. The van der Waals surface area contributed by atoms with Crippen molar-refractivity contribution in [2.45, 2.75) is 13.5 Å². The summed E-state index contributed by atoms with van der Waals surface area (Å²) in [6.45, 7) is 1.64. The van der Waals surface area contributed by atoms with Gasteiger partial charge in [0.05, 0.1) is 12.3 Å². The number of aromatic nitrogens is 3. The Labute approximate surface area is 160 Å². The van der Waals surface area contributed by atoms with Gasteiger partial charge in [0.1, 0.15) is 5.69 Å². The number of nitrogens with zero attached hydrogens (tertiary/aromatic N) is 3. The molecule has 0 saturated heterocycles. The number of methoxy groups -OCH3 is 1. The average Bonchev–Trinajstić information content (AvgIpc) is 3.07. The van der Waals surface area contributed by atoms with Gasteiger partial charge in [-0.05, 0) is 55.5 Å². The van der Waals surface area contributed by atoms with Crippen LogP contribution in [-0.4, -0.2) is 33.8 Å². The molecule has 0 aliphatic carbocycles. The fourth-order valence-electron chi connectivity index (χ4n) is 2.51. The lowest BCUT2D eigenvalue weighted by Gasteiger charge is -2.08. The molecule has 0 bridgehead atoms. The molecule has 2 aromatic carbocycles. The maximum Gasteiger partial charge on any atom is 0.278 e. The van der Waals surface area contributed by atoms with E-state index in [1.807, 2.05) is 0 Å². The van der Waals surface area contributed by atoms with E-state index in [0.29, 0.717) is 27.7 Å². The highest BCUT2D eigenvalue weighted by atomic mass is 35.5. The second-order valence-corrected chi connectivity index (χ2v) is 6.23. The summed E-state index contributed by atoms with van der Waals surface area (Å²) in [7, 11) is 1.53. The molecule has 0 fully saturated rings. The van der Waals surface area contributed by atoms with Gasteiger partial charge in [-0.1, -0.05) is 16.8 Å². The molecule has 8 heteroatoms. The van der Waals surface area contributed by atoms with Crippen LogP contribution in [0.2, 0.25) is 5.02 Å². The van der Waals surface area contributed by atoms with Crippen LogP contribution in [0, 0.1) is 0 Å². The van der Waals surface area contributed by atoms with Gasteiger partial charge >= 0.3 is 0 Å². The van der Waals surface area contributed by atoms with E-state index in [2.05, 4.69) is 15.6 Å². The normalized spacial score (nSPS) is 10.6. The summed E-state index contributed by atoms with van der Waals surface area (Å²) in [6, 6.07) is 13.6. The van der Waals surface area contributed by atoms with Crippen LogP contribution in [-0.2, 0) is 11.3 Å². The number of benzene rings is 2. The minimum absolute atomic E-state index is 0.0406. The summed E-state index contributed by atoms with van der Waals surface area (Å²) in [5.74, 6) is -0.459. The molecule has 3 rings (SSSR count). The number of carbonyl (C=O) groups excluding carboxylic acids is 2. The van der Waals surface area contributed by atoms with E-state index in [0.717, 1.165) is 0 Å². The Bertz CT molecular complexity index is 966. The van der Waals surface area contributed by atoms with Gasteiger partial charge in [-0.2, -0.15) is 0 Å². The fraction of sp³-hybridized carbons (Fsp3) is 0.158. The number of Topliss-reactive ketones (excluding diaryl/α,β-unsaturated/α-hetero) is 1. The van der Waals surface area contributed by atoms with Crippen LogP contribution in [0.5, 0.6) is 0 Å². The van der Waals surface area contributed by atoms with E-state index in [9.17, 15) is 9.59 Å². The lowest BCUT2D eigenvalue weighted by molar-refractivity contribution is 0.101. The predicted octanol–water partition coefficient (Wildman–Crippen LogP) is 3.52. The van der Waals surface area contributed by atoms with Gasteiger partial charge in [0.15, 0.2) is 11.5 Å². The van der Waals surface area contributed by atoms with Crippen molar-refractivity contribution < 1.29 is 14.3 Å². The van der Waals surface area contributed by atoms with Crippen LogP contribution in [0.15, 0.2) is 48.5 Å². The van der Waals surface area contributed by atoms with Gasteiger partial charge in [-0.15, -0.1) is 5.10 Å². The van der Waals surface area contributed by atoms with Crippen LogP contribution < -0.4 is 5.32 Å². The molecule has 7 nitrogen and oxygen atoms in total. The highest BCUT2D eigenvalue weighted by Gasteiger charge is 2.21. The van der Waals surface area contributed by atoms with Crippen molar-refractivity contribution in [2.24, 2.45) is 0 Å². The molecule has 0 saturated carbocycles. The van der Waals surface area contributed by atoms with Crippen molar-refractivity contribution in [3.8, 4) is 5.69 Å². The maximum atomic E-state index is 12.7. The number of hydrogen-bond donors (Lipinski definition) is 1. The standard InChI is InChI=1S/C19H17ClN4O3/c1-12(25)13-3-7-15(8-4-13)21-19(26)18-17(11-27-2)24(23-22-18)16-9-5-14(20)6-10-16/h3-10H,11H2,1-2H3,(H,21,26). The molecule has 3 aromatic rings. The largest absolute Gasteiger partial charge is 0.378 e. The topological polar surface area (TPSA) is 86.1 Å². The number of amides is 1. The molecule has 0 atom stereocenters. The quantitative estimate of drug-likeness (QED) is 0.657. The molecule has 0 unspecified atom stereocenters. The summed E-state index contributed by atoms with van der Waals surface area (Å²) < 4.78 is 6.75. The van der Waals surface area contributed by atoms with Gasteiger partial charge in [0.2, 0.25) is 0 Å². The Morgan fingerprint density at radius 1 is 1.11 bits per heavy atom. The number of halogens is 1. The first-order valence-electron chi connectivity index (χ1n) is 8.11. The van der Waals surface area contributed by atoms with E-state index < -0.39 is 5.91 Å². The zero-order valence-corrected chi connectivity index (χ0v) is 15.5. The Kier molecular flexibility index (Phi) is 5.63. The van der Waals surface area contributed by atoms with E-state index >= 15 is 0 Å². The monoisotopic (exact) mass is 384 g/mol. The fourth-order valence-corrected chi connectivity index (χ4v) is 2.64. The third-order valence-electron chi connectivity index (χ3n) is 3.88. The Morgan fingerprint density at radius 2 is 1.78 bits per heavy atom. The van der Waals surface area contributed by atoms with Gasteiger partial charge in [0, 0.05) is 23.4 Å². The zero-order chi connectivity index (χ0) is 19.4. The van der Waals surface area contributed by atoms with Gasteiger partial charge < -0.3 is 10.1 Å². The summed E-state index contributed by atoms with van der Waals surface area (Å²) in [5, 5.41) is 11.4. The van der Waals surface area contributed by atoms with Crippen molar-refractivity contribution in [3.63, 3.8) is 0 Å². The minimum Gasteiger partial charge on any atom is -0.378 e. The number of anilines is 1. The lowest BCUT2D eigenvalue weighted by atomic mass is 10.1. The molecule has 0 aliphatic heterocycles. The van der Waals surface area contributed by atoms with E-state index in [1.54, 1.807) is 48.5 Å². The van der Waals surface area contributed by atoms with Crippen LogP contribution in [0.3, 0.4) is 0 Å². The van der Waals surface area contributed by atoms with E-state index in [1.165, 1.54) is 18.7 Å². The zero-order valence-electron chi connectivity index (χ0n) is 14.8. The number of nitrogens with one attached hydrogen (secondary N) is 1. The first-order valence-corrected chi connectivity index (χ1v) is 8.49. The second-order valence-electron chi connectivity index (χ2n) is 5.79. The first-order chi connectivity index (χ1) is 13.0. The molecule has 1 aromatic heterocycles. The summed E-state index contributed by atoms with van der Waals surface area (Å²) in [5.41, 5.74) is 2.50. The maximum absolute atomic E-state index is 12.7. The predicted molar refractivity (Wildman–Crippen MR) is 101 cm³/mol. The Balaban J connectivity index is 1.88. The highest BCUT2D eigenvalue weighted by Crippen LogP contribution is 2.18. The number of rotatable bonds is 6. The third-order valence-corrected chi connectivity index (χ3v) is 4.13. The number of ketones is 1. The lowest BCUT2D eigenvalue weighted by Crippen LogP contribution is -2.16. The van der Waals surface area contributed by atoms with Crippen molar-refractivity contribution in [1.82, 2.24) is 15.0 Å². The Morgan fingerprint density at radius 3 is 2.37 bits per heavy atom. The first kappa shape index (κ1) is 18.8. The molecule has 1 amide bonds. The van der Waals surface area contributed by atoms with E-state index in [-0.39, 0.29) is 18.1 Å². The van der Waals surface area contributed by atoms with Crippen LogP contribution in [0.1, 0.15) is 33.5 Å². The smallest absolute Gasteiger partial charge is 0.278 e. The molecule has 27 heavy (non-hydrogen) atoms. The number of ether oxygens (including phenoxy) is 1. The van der Waals surface area contributed by atoms with Gasteiger partial charge in [0.25, 0.3) is 5.91 Å². The molecular formula is C19H17ClN4O3. The summed E-state index contributed by atoms with van der Waals surface area (Å²) in [4.78, 5) is 24.0. The van der Waals surface area contributed by atoms with Gasteiger partial charge in [-0.3, -0.25) is 9.59 Å². The molecule has 0 aliphatic rings. The third kappa shape index (κ3) is 4.21. The number of carbonyl (C=O) groups is 2. The van der Waals surface area contributed by atoms with Crippen molar-refractivity contribution in [2.75, 3.05) is 12.4 Å². The Hall–Kier alpha value is -3.03. The van der Waals surface area contributed by atoms with Gasteiger partial charge in [-0.25, -0.2) is 4.68 Å². The molecule has 1 heterocycles. The van der Waals surface area contributed by atoms with E-state index in [4.69, 9.17) is 16.3 Å². The average molecular weight is 385 g/mol. The number of hydrogen-bond acceptors (Lipinski definition) is 5. The van der Waals surface area contributed by atoms with Crippen LogP contribution in [0.4, 0.5) is 5.69 Å².